The molecule has 13 heteroatoms. The Kier molecular flexibility index (Phi) is 6.51. The Bertz CT molecular complexity index is 1300. The molecule has 0 bridgehead atoms. The molecule has 0 spiro atoms. The first-order valence-corrected chi connectivity index (χ1v) is 11.2. The number of rotatable bonds is 7. The second kappa shape index (κ2) is 8.79. The number of benzene rings is 2. The lowest BCUT2D eigenvalue weighted by Crippen LogP contribution is -2.30. The number of nitrogens with zero attached hydrogens (tertiary/aromatic N) is 4. The second-order valence-corrected chi connectivity index (χ2v) is 9.08. The zero-order chi connectivity index (χ0) is 22.9. The molecule has 164 valence electrons. The van der Waals surface area contributed by atoms with Crippen LogP contribution in [0.15, 0.2) is 45.5 Å². The van der Waals surface area contributed by atoms with Gasteiger partial charge < -0.3 is 10.1 Å². The summed E-state index contributed by atoms with van der Waals surface area (Å²) in [5.41, 5.74) is -0.168. The highest BCUT2D eigenvalue weighted by molar-refractivity contribution is 7.89. The van der Waals surface area contributed by atoms with E-state index in [0.717, 1.165) is 16.4 Å². The van der Waals surface area contributed by atoms with Gasteiger partial charge in [0.25, 0.3) is 5.69 Å². The van der Waals surface area contributed by atoms with Crippen LogP contribution in [0.3, 0.4) is 0 Å². The maximum atomic E-state index is 13.0. The molecule has 0 aliphatic carbocycles. The van der Waals surface area contributed by atoms with E-state index in [1.807, 2.05) is 0 Å². The van der Waals surface area contributed by atoms with Gasteiger partial charge in [0.1, 0.15) is 10.6 Å². The molecule has 2 N–H and O–H groups in total. The summed E-state index contributed by atoms with van der Waals surface area (Å²) in [5, 5.41) is 30.3. The van der Waals surface area contributed by atoms with Crippen molar-refractivity contribution in [3.8, 4) is 5.88 Å². The van der Waals surface area contributed by atoms with Crippen LogP contribution >= 0.6 is 23.2 Å². The molecular weight excluding hydrogens is 469 g/mol. The van der Waals surface area contributed by atoms with E-state index in [4.69, 9.17) is 23.2 Å². The van der Waals surface area contributed by atoms with Crippen molar-refractivity contribution in [1.82, 2.24) is 9.29 Å². The summed E-state index contributed by atoms with van der Waals surface area (Å²) in [7, 11) is -4.08. The third-order valence-corrected chi connectivity index (χ3v) is 7.11. The third-order valence-electron chi connectivity index (χ3n) is 4.51. The fourth-order valence-corrected chi connectivity index (χ4v) is 5.15. The second-order valence-electron chi connectivity index (χ2n) is 6.33. The summed E-state index contributed by atoms with van der Waals surface area (Å²) in [6.45, 7) is 3.63. The van der Waals surface area contributed by atoms with E-state index in [1.165, 1.54) is 18.2 Å². The number of halogens is 2. The molecule has 1 aromatic heterocycles. The van der Waals surface area contributed by atoms with Crippen LogP contribution in [0.5, 0.6) is 5.88 Å². The van der Waals surface area contributed by atoms with E-state index in [9.17, 15) is 23.6 Å². The number of hydrogen-bond acceptors (Lipinski definition) is 7. The number of H-pyrrole nitrogens is 1. The Labute approximate surface area is 187 Å². The standard InChI is InChI=1S/C18H17Cl2N5O5S/c1-3-24(4-2)31(29,30)15-9-11(25(27)28)5-6-14(15)22-23-17-12-7-10(19)8-13(20)16(12)21-18(17)26/h5-9,21,26H,3-4H2,1-2H3. The lowest BCUT2D eigenvalue weighted by molar-refractivity contribution is -0.385. The molecule has 31 heavy (non-hydrogen) atoms. The molecule has 0 aliphatic rings. The Morgan fingerprint density at radius 1 is 1.16 bits per heavy atom. The summed E-state index contributed by atoms with van der Waals surface area (Å²) >= 11 is 12.1. The van der Waals surface area contributed by atoms with Crippen molar-refractivity contribution < 1.29 is 18.4 Å². The molecule has 0 radical (unpaired) electrons. The van der Waals surface area contributed by atoms with E-state index in [-0.39, 0.29) is 40.3 Å². The average Bonchev–Trinajstić information content (AvgIpc) is 3.02. The Hall–Kier alpha value is -2.73. The van der Waals surface area contributed by atoms with Gasteiger partial charge in [-0.25, -0.2) is 8.42 Å². The van der Waals surface area contributed by atoms with Gasteiger partial charge in [-0.15, -0.1) is 10.2 Å². The number of aromatic nitrogens is 1. The molecule has 10 nitrogen and oxygen atoms in total. The first-order chi connectivity index (χ1) is 14.6. The number of nitro groups is 1. The van der Waals surface area contributed by atoms with Crippen LogP contribution in [0.25, 0.3) is 10.9 Å². The number of non-ortho nitro benzene ring substituents is 1. The minimum Gasteiger partial charge on any atom is -0.493 e. The molecule has 3 rings (SSSR count). The number of nitro benzene ring substituents is 1. The first kappa shape index (κ1) is 22.9. The first-order valence-electron chi connectivity index (χ1n) is 9.00. The molecule has 0 saturated heterocycles. The van der Waals surface area contributed by atoms with E-state index in [2.05, 4.69) is 15.2 Å². The van der Waals surface area contributed by atoms with Gasteiger partial charge in [0.15, 0.2) is 5.69 Å². The lowest BCUT2D eigenvalue weighted by Gasteiger charge is -2.19. The third kappa shape index (κ3) is 4.35. The molecule has 0 amide bonds. The van der Waals surface area contributed by atoms with Crippen molar-refractivity contribution >= 4 is 61.2 Å². The van der Waals surface area contributed by atoms with E-state index < -0.39 is 20.6 Å². The Morgan fingerprint density at radius 2 is 1.84 bits per heavy atom. The maximum Gasteiger partial charge on any atom is 0.270 e. The molecule has 3 aromatic rings. The number of azo groups is 1. The zero-order valence-corrected chi connectivity index (χ0v) is 18.7. The summed E-state index contributed by atoms with van der Waals surface area (Å²) in [5.74, 6) is -0.349. The topological polar surface area (TPSA) is 141 Å². The number of sulfonamides is 1. The summed E-state index contributed by atoms with van der Waals surface area (Å²) in [4.78, 5) is 12.8. The van der Waals surface area contributed by atoms with Gasteiger partial charge in [-0.3, -0.25) is 10.1 Å². The summed E-state index contributed by atoms with van der Waals surface area (Å²) in [6.07, 6.45) is 0. The Balaban J connectivity index is 2.19. The van der Waals surface area contributed by atoms with Gasteiger partial charge in [0.2, 0.25) is 15.9 Å². The summed E-state index contributed by atoms with van der Waals surface area (Å²) in [6, 6.07) is 6.23. The highest BCUT2D eigenvalue weighted by atomic mass is 35.5. The lowest BCUT2D eigenvalue weighted by atomic mass is 10.2. The van der Waals surface area contributed by atoms with Crippen molar-refractivity contribution in [3.63, 3.8) is 0 Å². The SMILES string of the molecule is CCN(CC)S(=O)(=O)c1cc([N+](=O)[O-])ccc1N=Nc1c(O)[nH]c2c(Cl)cc(Cl)cc12. The van der Waals surface area contributed by atoms with E-state index in [1.54, 1.807) is 13.8 Å². The predicted molar refractivity (Wildman–Crippen MR) is 117 cm³/mol. The smallest absolute Gasteiger partial charge is 0.270 e. The van der Waals surface area contributed by atoms with Crippen LogP contribution in [-0.4, -0.2) is 40.8 Å². The van der Waals surface area contributed by atoms with Crippen molar-refractivity contribution in [2.24, 2.45) is 10.2 Å². The fraction of sp³-hybridized carbons (Fsp3) is 0.222. The number of fused-ring (bicyclic) bond motifs is 1. The van der Waals surface area contributed by atoms with Crippen LogP contribution in [-0.2, 0) is 10.0 Å². The van der Waals surface area contributed by atoms with Gasteiger partial charge in [-0.1, -0.05) is 37.0 Å². The molecule has 1 heterocycles. The molecule has 0 aliphatic heterocycles. The largest absolute Gasteiger partial charge is 0.493 e. The summed E-state index contributed by atoms with van der Waals surface area (Å²) < 4.78 is 27.2. The minimum absolute atomic E-state index is 0.0102. The highest BCUT2D eigenvalue weighted by Gasteiger charge is 2.27. The van der Waals surface area contributed by atoms with Gasteiger partial charge in [0, 0.05) is 35.6 Å². The quantitative estimate of drug-likeness (QED) is 0.256. The van der Waals surface area contributed by atoms with Crippen molar-refractivity contribution in [2.45, 2.75) is 18.7 Å². The van der Waals surface area contributed by atoms with Crippen molar-refractivity contribution in [3.05, 3.63) is 50.5 Å². The number of nitrogens with one attached hydrogen (secondary N) is 1. The minimum atomic E-state index is -4.08. The van der Waals surface area contributed by atoms with E-state index in [0.29, 0.717) is 15.9 Å². The average molecular weight is 486 g/mol. The van der Waals surface area contributed by atoms with Crippen LogP contribution < -0.4 is 0 Å². The normalized spacial score (nSPS) is 12.3. The number of hydrogen-bond donors (Lipinski definition) is 2. The van der Waals surface area contributed by atoms with Crippen molar-refractivity contribution in [1.29, 1.82) is 0 Å². The fourth-order valence-electron chi connectivity index (χ4n) is 3.01. The van der Waals surface area contributed by atoms with Gasteiger partial charge >= 0.3 is 0 Å². The molecule has 2 aromatic carbocycles. The van der Waals surface area contributed by atoms with Gasteiger partial charge in [0.05, 0.1) is 15.5 Å². The van der Waals surface area contributed by atoms with Crippen LogP contribution in [0.4, 0.5) is 17.1 Å². The molecule has 0 fully saturated rings. The monoisotopic (exact) mass is 485 g/mol. The number of aromatic hydroxyl groups is 1. The van der Waals surface area contributed by atoms with Crippen LogP contribution in [0, 0.1) is 10.1 Å². The van der Waals surface area contributed by atoms with Crippen molar-refractivity contribution in [2.75, 3.05) is 13.1 Å². The zero-order valence-electron chi connectivity index (χ0n) is 16.3. The van der Waals surface area contributed by atoms with Gasteiger partial charge in [-0.05, 0) is 18.2 Å². The maximum absolute atomic E-state index is 13.0. The van der Waals surface area contributed by atoms with Crippen LogP contribution in [0.2, 0.25) is 10.0 Å². The molecular formula is C18H17Cl2N5O5S. The molecule has 0 unspecified atom stereocenters. The van der Waals surface area contributed by atoms with Gasteiger partial charge in [-0.2, -0.15) is 4.31 Å². The predicted octanol–water partition coefficient (Wildman–Crippen LogP) is 5.53. The molecule has 0 saturated carbocycles. The van der Waals surface area contributed by atoms with E-state index >= 15 is 0 Å². The number of aromatic amines is 1. The Morgan fingerprint density at radius 3 is 2.45 bits per heavy atom. The highest BCUT2D eigenvalue weighted by Crippen LogP contribution is 2.41. The van der Waals surface area contributed by atoms with Crippen LogP contribution in [0.1, 0.15) is 13.8 Å². The molecule has 0 atom stereocenters.